The molecule has 0 saturated carbocycles. The SMILES string of the molecule is CCNC(=NCC(c1cccc(OC)c1)N1CCCC1)NC1CCN(C(=O)CC)C1. The second kappa shape index (κ2) is 11.2. The van der Waals surface area contributed by atoms with Crippen molar-refractivity contribution in [2.75, 3.05) is 46.4 Å². The van der Waals surface area contributed by atoms with E-state index in [0.29, 0.717) is 13.0 Å². The summed E-state index contributed by atoms with van der Waals surface area (Å²) in [6, 6.07) is 8.84. The molecule has 3 rings (SSSR count). The maximum Gasteiger partial charge on any atom is 0.222 e. The van der Waals surface area contributed by atoms with Gasteiger partial charge in [-0.15, -0.1) is 0 Å². The first-order chi connectivity index (χ1) is 14.6. The molecule has 2 atom stereocenters. The van der Waals surface area contributed by atoms with Crippen LogP contribution >= 0.6 is 0 Å². The van der Waals surface area contributed by atoms with Crippen molar-refractivity contribution < 1.29 is 9.53 Å². The number of benzene rings is 1. The minimum Gasteiger partial charge on any atom is -0.497 e. The third kappa shape index (κ3) is 5.88. The highest BCUT2D eigenvalue weighted by Crippen LogP contribution is 2.28. The number of amides is 1. The Bertz CT molecular complexity index is 717. The number of nitrogens with zero attached hydrogens (tertiary/aromatic N) is 3. The molecule has 1 amide bonds. The third-order valence-corrected chi connectivity index (χ3v) is 6.01. The first-order valence-corrected chi connectivity index (χ1v) is 11.3. The molecular formula is C23H37N5O2. The molecule has 30 heavy (non-hydrogen) atoms. The largest absolute Gasteiger partial charge is 0.497 e. The number of ether oxygens (including phenoxy) is 1. The lowest BCUT2D eigenvalue weighted by Crippen LogP contribution is -2.45. The van der Waals surface area contributed by atoms with Crippen LogP contribution in [-0.2, 0) is 4.79 Å². The first kappa shape index (κ1) is 22.4. The van der Waals surface area contributed by atoms with Crippen LogP contribution in [-0.4, -0.2) is 74.1 Å². The van der Waals surface area contributed by atoms with E-state index in [0.717, 1.165) is 50.9 Å². The van der Waals surface area contributed by atoms with Gasteiger partial charge < -0.3 is 20.3 Å². The number of rotatable bonds is 8. The van der Waals surface area contributed by atoms with Crippen molar-refractivity contribution in [1.29, 1.82) is 0 Å². The molecule has 2 heterocycles. The number of carbonyl (C=O) groups excluding carboxylic acids is 1. The van der Waals surface area contributed by atoms with Gasteiger partial charge in [0.15, 0.2) is 5.96 Å². The van der Waals surface area contributed by atoms with E-state index in [1.807, 2.05) is 17.9 Å². The molecule has 7 heteroatoms. The van der Waals surface area contributed by atoms with E-state index in [4.69, 9.17) is 9.73 Å². The number of hydrogen-bond donors (Lipinski definition) is 2. The van der Waals surface area contributed by atoms with Gasteiger partial charge in [-0.2, -0.15) is 0 Å². The lowest BCUT2D eigenvalue weighted by Gasteiger charge is -2.27. The highest BCUT2D eigenvalue weighted by molar-refractivity contribution is 5.80. The molecule has 2 aliphatic heterocycles. The number of nitrogens with one attached hydrogen (secondary N) is 2. The summed E-state index contributed by atoms with van der Waals surface area (Å²) in [6.45, 7) is 9.30. The van der Waals surface area contributed by atoms with Gasteiger partial charge in [0.25, 0.3) is 0 Å². The Kier molecular flexibility index (Phi) is 8.37. The van der Waals surface area contributed by atoms with Crippen LogP contribution in [0.3, 0.4) is 0 Å². The van der Waals surface area contributed by atoms with Gasteiger partial charge in [0.05, 0.1) is 19.7 Å². The maximum absolute atomic E-state index is 12.0. The van der Waals surface area contributed by atoms with Gasteiger partial charge in [-0.3, -0.25) is 14.7 Å². The molecule has 166 valence electrons. The molecule has 2 fully saturated rings. The molecule has 1 aromatic carbocycles. The van der Waals surface area contributed by atoms with Gasteiger partial charge in [0, 0.05) is 32.1 Å². The van der Waals surface area contributed by atoms with Crippen LogP contribution in [0.5, 0.6) is 5.75 Å². The molecule has 2 saturated heterocycles. The van der Waals surface area contributed by atoms with Crippen molar-refractivity contribution in [2.24, 2.45) is 4.99 Å². The fraction of sp³-hybridized carbons (Fsp3) is 0.652. The molecule has 2 N–H and O–H groups in total. The fourth-order valence-corrected chi connectivity index (χ4v) is 4.35. The summed E-state index contributed by atoms with van der Waals surface area (Å²) in [6.07, 6.45) is 4.01. The average Bonchev–Trinajstić information content (AvgIpc) is 3.46. The summed E-state index contributed by atoms with van der Waals surface area (Å²) in [4.78, 5) is 21.4. The number of aliphatic imine (C=N–C) groups is 1. The van der Waals surface area contributed by atoms with E-state index < -0.39 is 0 Å². The van der Waals surface area contributed by atoms with E-state index in [9.17, 15) is 4.79 Å². The standard InChI is InChI=1S/C23H37N5O2/c1-4-22(29)28-14-11-19(17-28)26-23(24-5-2)25-16-21(27-12-6-7-13-27)18-9-8-10-20(15-18)30-3/h8-10,15,19,21H,4-7,11-14,16-17H2,1-3H3,(H2,24,25,26). The van der Waals surface area contributed by atoms with Gasteiger partial charge in [0.1, 0.15) is 5.75 Å². The zero-order valence-electron chi connectivity index (χ0n) is 18.7. The van der Waals surface area contributed by atoms with Gasteiger partial charge in [0.2, 0.25) is 5.91 Å². The Hall–Kier alpha value is -2.28. The van der Waals surface area contributed by atoms with E-state index in [-0.39, 0.29) is 18.0 Å². The minimum absolute atomic E-state index is 0.230. The van der Waals surface area contributed by atoms with Gasteiger partial charge in [-0.1, -0.05) is 19.1 Å². The van der Waals surface area contributed by atoms with Crippen LogP contribution in [0.1, 0.15) is 51.1 Å². The van der Waals surface area contributed by atoms with Crippen molar-refractivity contribution in [2.45, 2.75) is 51.6 Å². The topological polar surface area (TPSA) is 69.2 Å². The van der Waals surface area contributed by atoms with Gasteiger partial charge in [-0.25, -0.2) is 0 Å². The number of likely N-dealkylation sites (tertiary alicyclic amines) is 2. The normalized spacial score (nSPS) is 21.0. The van der Waals surface area contributed by atoms with E-state index >= 15 is 0 Å². The van der Waals surface area contributed by atoms with Crippen molar-refractivity contribution in [3.63, 3.8) is 0 Å². The summed E-state index contributed by atoms with van der Waals surface area (Å²) < 4.78 is 5.45. The molecule has 0 bridgehead atoms. The number of guanidine groups is 1. The summed E-state index contributed by atoms with van der Waals surface area (Å²) >= 11 is 0. The van der Waals surface area contributed by atoms with Crippen molar-refractivity contribution in [3.05, 3.63) is 29.8 Å². The second-order valence-corrected chi connectivity index (χ2v) is 8.08. The van der Waals surface area contributed by atoms with E-state index in [1.165, 1.54) is 18.4 Å². The van der Waals surface area contributed by atoms with Crippen LogP contribution in [0, 0.1) is 0 Å². The molecule has 1 aromatic rings. The monoisotopic (exact) mass is 415 g/mol. The quantitative estimate of drug-likeness (QED) is 0.504. The Labute approximate surface area is 180 Å². The van der Waals surface area contributed by atoms with Gasteiger partial charge >= 0.3 is 0 Å². The lowest BCUT2D eigenvalue weighted by atomic mass is 10.1. The fourth-order valence-electron chi connectivity index (χ4n) is 4.35. The second-order valence-electron chi connectivity index (χ2n) is 8.08. The molecule has 0 aliphatic carbocycles. The first-order valence-electron chi connectivity index (χ1n) is 11.3. The van der Waals surface area contributed by atoms with Crippen molar-refractivity contribution in [3.8, 4) is 5.75 Å². The zero-order chi connectivity index (χ0) is 21.3. The summed E-state index contributed by atoms with van der Waals surface area (Å²) in [7, 11) is 1.71. The molecule has 0 spiro atoms. The molecule has 0 radical (unpaired) electrons. The Morgan fingerprint density at radius 1 is 1.27 bits per heavy atom. The zero-order valence-corrected chi connectivity index (χ0v) is 18.7. The van der Waals surface area contributed by atoms with Crippen LogP contribution in [0.15, 0.2) is 29.3 Å². The Morgan fingerprint density at radius 3 is 2.77 bits per heavy atom. The number of methoxy groups -OCH3 is 1. The van der Waals surface area contributed by atoms with Crippen LogP contribution < -0.4 is 15.4 Å². The van der Waals surface area contributed by atoms with E-state index in [2.05, 4.69) is 40.7 Å². The Morgan fingerprint density at radius 2 is 2.07 bits per heavy atom. The van der Waals surface area contributed by atoms with Crippen molar-refractivity contribution in [1.82, 2.24) is 20.4 Å². The van der Waals surface area contributed by atoms with Crippen LogP contribution in [0.2, 0.25) is 0 Å². The third-order valence-electron chi connectivity index (χ3n) is 6.01. The van der Waals surface area contributed by atoms with E-state index in [1.54, 1.807) is 7.11 Å². The molecule has 7 nitrogen and oxygen atoms in total. The summed E-state index contributed by atoms with van der Waals surface area (Å²) in [5.74, 6) is 1.95. The molecular weight excluding hydrogens is 378 g/mol. The smallest absolute Gasteiger partial charge is 0.222 e. The maximum atomic E-state index is 12.0. The molecule has 2 aliphatic rings. The van der Waals surface area contributed by atoms with Gasteiger partial charge in [-0.05, 0) is 57.0 Å². The number of hydrogen-bond acceptors (Lipinski definition) is 4. The summed E-state index contributed by atoms with van der Waals surface area (Å²) in [5, 5.41) is 6.93. The highest BCUT2D eigenvalue weighted by Gasteiger charge is 2.27. The predicted octanol–water partition coefficient (Wildman–Crippen LogP) is 2.40. The molecule has 0 aromatic heterocycles. The van der Waals surface area contributed by atoms with Crippen molar-refractivity contribution >= 4 is 11.9 Å². The number of carbonyl (C=O) groups is 1. The van der Waals surface area contributed by atoms with Crippen LogP contribution in [0.4, 0.5) is 0 Å². The average molecular weight is 416 g/mol. The Balaban J connectivity index is 1.70. The predicted molar refractivity (Wildman–Crippen MR) is 121 cm³/mol. The lowest BCUT2D eigenvalue weighted by molar-refractivity contribution is -0.129. The molecule has 2 unspecified atom stereocenters. The highest BCUT2D eigenvalue weighted by atomic mass is 16.5. The summed E-state index contributed by atoms with van der Waals surface area (Å²) in [5.41, 5.74) is 1.25. The minimum atomic E-state index is 0.230. The van der Waals surface area contributed by atoms with Crippen LogP contribution in [0.25, 0.3) is 0 Å².